The lowest BCUT2D eigenvalue weighted by atomic mass is 10.3. The van der Waals surface area contributed by atoms with E-state index in [2.05, 4.69) is 5.10 Å². The fraction of sp³-hybridized carbons (Fsp3) is 0.231. The highest BCUT2D eigenvalue weighted by Gasteiger charge is 2.17. The van der Waals surface area contributed by atoms with Crippen molar-refractivity contribution >= 4 is 11.7 Å². The molecule has 7 nitrogen and oxygen atoms in total. The Morgan fingerprint density at radius 3 is 2.60 bits per heavy atom. The van der Waals surface area contributed by atoms with E-state index in [4.69, 9.17) is 4.74 Å². The zero-order valence-electron chi connectivity index (χ0n) is 11.1. The molecule has 0 saturated heterocycles. The van der Waals surface area contributed by atoms with Gasteiger partial charge in [0.1, 0.15) is 0 Å². The molecule has 0 aliphatic rings. The van der Waals surface area contributed by atoms with Crippen LogP contribution in [0.3, 0.4) is 0 Å². The summed E-state index contributed by atoms with van der Waals surface area (Å²) in [5.41, 5.74) is 1.49. The number of nitrogens with zero attached hydrogens (tertiary/aromatic N) is 3. The molecule has 1 aromatic heterocycles. The predicted octanol–water partition coefficient (Wildman–Crippen LogP) is 2.27. The number of nitro benzene ring substituents is 1. The molecule has 2 aromatic rings. The zero-order valence-corrected chi connectivity index (χ0v) is 11.1. The molecule has 0 atom stereocenters. The van der Waals surface area contributed by atoms with Crippen LogP contribution in [0.1, 0.15) is 23.1 Å². The second kappa shape index (κ2) is 5.52. The molecule has 0 N–H and O–H groups in total. The maximum Gasteiger partial charge on any atom is 0.357 e. The number of hydrogen-bond donors (Lipinski definition) is 0. The molecule has 1 aromatic carbocycles. The van der Waals surface area contributed by atoms with E-state index in [9.17, 15) is 14.9 Å². The maximum atomic E-state index is 11.8. The average Bonchev–Trinajstić information content (AvgIpc) is 2.81. The molecule has 1 heterocycles. The van der Waals surface area contributed by atoms with Gasteiger partial charge in [0.15, 0.2) is 5.69 Å². The summed E-state index contributed by atoms with van der Waals surface area (Å²) < 4.78 is 6.37. The van der Waals surface area contributed by atoms with Gasteiger partial charge in [-0.1, -0.05) is 0 Å². The number of carbonyl (C=O) groups excluding carboxylic acids is 1. The van der Waals surface area contributed by atoms with E-state index in [1.165, 1.54) is 28.9 Å². The summed E-state index contributed by atoms with van der Waals surface area (Å²) in [5, 5.41) is 14.8. The molecule has 20 heavy (non-hydrogen) atoms. The fourth-order valence-corrected chi connectivity index (χ4v) is 1.76. The quantitative estimate of drug-likeness (QED) is 0.485. The Morgan fingerprint density at radius 1 is 1.40 bits per heavy atom. The van der Waals surface area contributed by atoms with E-state index in [1.807, 2.05) is 0 Å². The van der Waals surface area contributed by atoms with Crippen molar-refractivity contribution in [2.75, 3.05) is 6.61 Å². The molecule has 0 fully saturated rings. The lowest BCUT2D eigenvalue weighted by molar-refractivity contribution is -0.384. The summed E-state index contributed by atoms with van der Waals surface area (Å²) in [7, 11) is 0. The van der Waals surface area contributed by atoms with Crippen LogP contribution in [0, 0.1) is 17.0 Å². The normalized spacial score (nSPS) is 10.3. The largest absolute Gasteiger partial charge is 0.461 e. The lowest BCUT2D eigenvalue weighted by Crippen LogP contribution is -2.11. The van der Waals surface area contributed by atoms with Crippen LogP contribution in [0.4, 0.5) is 5.69 Å². The highest BCUT2D eigenvalue weighted by atomic mass is 16.6. The second-order valence-corrected chi connectivity index (χ2v) is 4.08. The van der Waals surface area contributed by atoms with Crippen LogP contribution in [-0.4, -0.2) is 27.3 Å². The number of aromatic nitrogens is 2. The summed E-state index contributed by atoms with van der Waals surface area (Å²) in [6.45, 7) is 3.74. The zero-order chi connectivity index (χ0) is 14.7. The van der Waals surface area contributed by atoms with Gasteiger partial charge in [-0.15, -0.1) is 0 Å². The first-order valence-corrected chi connectivity index (χ1v) is 6.01. The number of hydrogen-bond acceptors (Lipinski definition) is 5. The molecule has 0 unspecified atom stereocenters. The van der Waals surface area contributed by atoms with Crippen molar-refractivity contribution in [1.82, 2.24) is 9.78 Å². The monoisotopic (exact) mass is 275 g/mol. The van der Waals surface area contributed by atoms with E-state index >= 15 is 0 Å². The van der Waals surface area contributed by atoms with Crippen LogP contribution in [0.15, 0.2) is 30.3 Å². The van der Waals surface area contributed by atoms with Crippen LogP contribution < -0.4 is 0 Å². The summed E-state index contributed by atoms with van der Waals surface area (Å²) in [6.07, 6.45) is 0. The van der Waals surface area contributed by atoms with Gasteiger partial charge in [0, 0.05) is 12.1 Å². The van der Waals surface area contributed by atoms with Gasteiger partial charge in [-0.2, -0.15) is 5.10 Å². The van der Waals surface area contributed by atoms with Crippen LogP contribution in [0.2, 0.25) is 0 Å². The molecule has 0 bridgehead atoms. The van der Waals surface area contributed by atoms with Gasteiger partial charge in [0.25, 0.3) is 5.69 Å². The summed E-state index contributed by atoms with van der Waals surface area (Å²) >= 11 is 0. The first-order chi connectivity index (χ1) is 9.52. The van der Waals surface area contributed by atoms with Crippen molar-refractivity contribution in [3.8, 4) is 5.69 Å². The standard InChI is InChI=1S/C13H13N3O4/c1-3-20-13(17)12-8-9(2)14-15(12)10-4-6-11(7-5-10)16(18)19/h4-8H,3H2,1-2H3. The number of ether oxygens (including phenoxy) is 1. The molecule has 104 valence electrons. The van der Waals surface area contributed by atoms with Crippen molar-refractivity contribution in [1.29, 1.82) is 0 Å². The van der Waals surface area contributed by atoms with Crippen molar-refractivity contribution in [3.05, 3.63) is 51.8 Å². The number of carbonyl (C=O) groups is 1. The van der Waals surface area contributed by atoms with Crippen molar-refractivity contribution in [2.45, 2.75) is 13.8 Å². The van der Waals surface area contributed by atoms with Crippen molar-refractivity contribution < 1.29 is 14.5 Å². The average molecular weight is 275 g/mol. The van der Waals surface area contributed by atoms with Crippen molar-refractivity contribution in [2.24, 2.45) is 0 Å². The van der Waals surface area contributed by atoms with Crippen molar-refractivity contribution in [3.63, 3.8) is 0 Å². The molecule has 0 saturated carbocycles. The van der Waals surface area contributed by atoms with Gasteiger partial charge in [-0.3, -0.25) is 10.1 Å². The molecule has 0 aliphatic heterocycles. The fourth-order valence-electron chi connectivity index (χ4n) is 1.76. The number of benzene rings is 1. The van der Waals surface area contributed by atoms with Crippen LogP contribution >= 0.6 is 0 Å². The Labute approximate surface area is 114 Å². The van der Waals surface area contributed by atoms with E-state index in [-0.39, 0.29) is 12.3 Å². The number of aryl methyl sites for hydroxylation is 1. The Hall–Kier alpha value is -2.70. The Morgan fingerprint density at radius 2 is 2.05 bits per heavy atom. The smallest absolute Gasteiger partial charge is 0.357 e. The molecular formula is C13H13N3O4. The molecule has 0 amide bonds. The highest BCUT2D eigenvalue weighted by Crippen LogP contribution is 2.17. The Balaban J connectivity index is 2.41. The lowest BCUT2D eigenvalue weighted by Gasteiger charge is -2.06. The predicted molar refractivity (Wildman–Crippen MR) is 70.9 cm³/mol. The summed E-state index contributed by atoms with van der Waals surface area (Å²) in [6, 6.07) is 7.41. The van der Waals surface area contributed by atoms with Gasteiger partial charge in [-0.05, 0) is 32.0 Å². The SMILES string of the molecule is CCOC(=O)c1cc(C)nn1-c1ccc([N+](=O)[O-])cc1. The van der Waals surface area contributed by atoms with Crippen LogP contribution in [0.25, 0.3) is 5.69 Å². The molecular weight excluding hydrogens is 262 g/mol. The summed E-state index contributed by atoms with van der Waals surface area (Å²) in [4.78, 5) is 22.0. The third-order valence-corrected chi connectivity index (χ3v) is 2.62. The van der Waals surface area contributed by atoms with Crippen LogP contribution in [0.5, 0.6) is 0 Å². The molecule has 2 rings (SSSR count). The topological polar surface area (TPSA) is 87.3 Å². The van der Waals surface area contributed by atoms with E-state index in [1.54, 1.807) is 19.9 Å². The second-order valence-electron chi connectivity index (χ2n) is 4.08. The van der Waals surface area contributed by atoms with Gasteiger partial charge >= 0.3 is 5.97 Å². The minimum absolute atomic E-state index is 0.0182. The van der Waals surface area contributed by atoms with Gasteiger partial charge in [0.2, 0.25) is 0 Å². The van der Waals surface area contributed by atoms with E-state index < -0.39 is 10.9 Å². The third kappa shape index (κ3) is 2.66. The minimum atomic E-state index is -0.482. The minimum Gasteiger partial charge on any atom is -0.461 e. The number of esters is 1. The Kier molecular flexibility index (Phi) is 3.79. The van der Waals surface area contributed by atoms with Gasteiger partial charge < -0.3 is 4.74 Å². The van der Waals surface area contributed by atoms with Gasteiger partial charge in [-0.25, -0.2) is 9.48 Å². The van der Waals surface area contributed by atoms with Gasteiger partial charge in [0.05, 0.1) is 22.9 Å². The van der Waals surface area contributed by atoms with E-state index in [0.29, 0.717) is 17.1 Å². The highest BCUT2D eigenvalue weighted by molar-refractivity contribution is 5.88. The number of non-ortho nitro benzene ring substituents is 1. The Bertz CT molecular complexity index is 646. The molecule has 0 radical (unpaired) electrons. The number of rotatable bonds is 4. The number of nitro groups is 1. The van der Waals surface area contributed by atoms with E-state index in [0.717, 1.165) is 0 Å². The first kappa shape index (κ1) is 13.7. The summed E-state index contributed by atoms with van der Waals surface area (Å²) in [5.74, 6) is -0.480. The first-order valence-electron chi connectivity index (χ1n) is 6.01. The third-order valence-electron chi connectivity index (χ3n) is 2.62. The van der Waals surface area contributed by atoms with Crippen LogP contribution in [-0.2, 0) is 4.74 Å². The molecule has 0 spiro atoms. The maximum absolute atomic E-state index is 11.8. The molecule has 7 heteroatoms. The molecule has 0 aliphatic carbocycles.